The topological polar surface area (TPSA) is 69.3 Å². The molecule has 0 spiro atoms. The molecule has 0 fully saturated rings. The number of aromatic nitrogens is 1. The van der Waals surface area contributed by atoms with Gasteiger partial charge in [0, 0.05) is 17.5 Å². The lowest BCUT2D eigenvalue weighted by Gasteiger charge is -2.02. The lowest BCUT2D eigenvalue weighted by molar-refractivity contribution is 0.0954. The summed E-state index contributed by atoms with van der Waals surface area (Å²) in [6, 6.07) is 11.6. The largest absolute Gasteiger partial charge is 0.427 e. The standard InChI is InChI=1S/C18H15NO4/c1-3-15(20)13-8-9-14-16(10-13)23-18(22)19(14)17(21)12-6-4-11(2)5-7-12/h4-10H,3H2,1-2H3. The second-order valence-corrected chi connectivity index (χ2v) is 5.33. The number of carbonyl (C=O) groups is 2. The first-order chi connectivity index (χ1) is 11.0. The molecule has 0 unspecified atom stereocenters. The fourth-order valence-electron chi connectivity index (χ4n) is 2.41. The Morgan fingerprint density at radius 3 is 2.35 bits per heavy atom. The predicted octanol–water partition coefficient (Wildman–Crippen LogP) is 3.18. The maximum absolute atomic E-state index is 12.6. The zero-order valence-electron chi connectivity index (χ0n) is 12.8. The van der Waals surface area contributed by atoms with E-state index in [1.165, 1.54) is 6.07 Å². The summed E-state index contributed by atoms with van der Waals surface area (Å²) in [6.07, 6.45) is 0.360. The molecule has 0 N–H and O–H groups in total. The Balaban J connectivity index is 2.12. The van der Waals surface area contributed by atoms with Gasteiger partial charge in [-0.1, -0.05) is 24.6 Å². The van der Waals surface area contributed by atoms with E-state index in [2.05, 4.69) is 0 Å². The smallest absolute Gasteiger partial charge is 0.407 e. The van der Waals surface area contributed by atoms with Gasteiger partial charge in [-0.3, -0.25) is 9.59 Å². The van der Waals surface area contributed by atoms with E-state index in [1.807, 2.05) is 6.92 Å². The second-order valence-electron chi connectivity index (χ2n) is 5.33. The Hall–Kier alpha value is -2.95. The summed E-state index contributed by atoms with van der Waals surface area (Å²) in [5.41, 5.74) is 2.47. The van der Waals surface area contributed by atoms with Gasteiger partial charge in [0.05, 0.1) is 5.52 Å². The minimum Gasteiger partial charge on any atom is -0.407 e. The van der Waals surface area contributed by atoms with Crippen molar-refractivity contribution in [1.82, 2.24) is 4.57 Å². The van der Waals surface area contributed by atoms with Crippen molar-refractivity contribution in [2.45, 2.75) is 20.3 Å². The first kappa shape index (κ1) is 15.0. The van der Waals surface area contributed by atoms with Crippen molar-refractivity contribution in [3.05, 3.63) is 69.7 Å². The number of rotatable bonds is 3. The first-order valence-corrected chi connectivity index (χ1v) is 7.31. The third-order valence-electron chi connectivity index (χ3n) is 3.73. The molecular weight excluding hydrogens is 294 g/mol. The number of hydrogen-bond donors (Lipinski definition) is 0. The van der Waals surface area contributed by atoms with Crippen LogP contribution in [0, 0.1) is 6.92 Å². The van der Waals surface area contributed by atoms with Crippen LogP contribution in [-0.4, -0.2) is 16.3 Å². The zero-order valence-corrected chi connectivity index (χ0v) is 12.8. The van der Waals surface area contributed by atoms with Crippen LogP contribution < -0.4 is 5.76 Å². The molecular formula is C18H15NO4. The van der Waals surface area contributed by atoms with Crippen molar-refractivity contribution in [3.63, 3.8) is 0 Å². The van der Waals surface area contributed by atoms with Crippen LogP contribution in [0.15, 0.2) is 51.7 Å². The van der Waals surface area contributed by atoms with Crippen molar-refractivity contribution in [2.75, 3.05) is 0 Å². The van der Waals surface area contributed by atoms with E-state index in [0.29, 0.717) is 23.1 Å². The summed E-state index contributed by atoms with van der Waals surface area (Å²) >= 11 is 0. The van der Waals surface area contributed by atoms with Gasteiger partial charge >= 0.3 is 5.76 Å². The van der Waals surface area contributed by atoms with Gasteiger partial charge in [0.1, 0.15) is 0 Å². The third-order valence-corrected chi connectivity index (χ3v) is 3.73. The van der Waals surface area contributed by atoms with Crippen molar-refractivity contribution >= 4 is 22.8 Å². The number of benzene rings is 2. The summed E-state index contributed by atoms with van der Waals surface area (Å²) in [5, 5.41) is 0. The van der Waals surface area contributed by atoms with Crippen LogP contribution in [0.4, 0.5) is 0 Å². The molecule has 0 atom stereocenters. The molecule has 116 valence electrons. The van der Waals surface area contributed by atoms with Crippen LogP contribution >= 0.6 is 0 Å². The monoisotopic (exact) mass is 309 g/mol. The molecule has 0 saturated carbocycles. The van der Waals surface area contributed by atoms with Crippen LogP contribution in [0.25, 0.3) is 11.1 Å². The maximum atomic E-state index is 12.6. The molecule has 0 amide bonds. The molecule has 5 nitrogen and oxygen atoms in total. The number of fused-ring (bicyclic) bond motifs is 1. The second kappa shape index (κ2) is 5.68. The van der Waals surface area contributed by atoms with Crippen LogP contribution in [0.1, 0.15) is 39.6 Å². The first-order valence-electron chi connectivity index (χ1n) is 7.31. The van der Waals surface area contributed by atoms with Gasteiger partial charge in [-0.2, -0.15) is 0 Å². The molecule has 3 rings (SSSR count). The van der Waals surface area contributed by atoms with Crippen LogP contribution in [0.2, 0.25) is 0 Å². The number of aryl methyl sites for hydroxylation is 1. The molecule has 1 heterocycles. The highest BCUT2D eigenvalue weighted by Crippen LogP contribution is 2.18. The number of Topliss-reactive ketones (excluding diaryl/α,β-unsaturated/α-hetero) is 1. The van der Waals surface area contributed by atoms with Gasteiger partial charge in [0.15, 0.2) is 11.4 Å². The maximum Gasteiger partial charge on any atom is 0.427 e. The Kier molecular flexibility index (Phi) is 3.70. The van der Waals surface area contributed by atoms with Crippen molar-refractivity contribution in [1.29, 1.82) is 0 Å². The summed E-state index contributed by atoms with van der Waals surface area (Å²) in [6.45, 7) is 3.68. The number of nitrogens with zero attached hydrogens (tertiary/aromatic N) is 1. The van der Waals surface area contributed by atoms with Gasteiger partial charge in [0.25, 0.3) is 5.91 Å². The van der Waals surface area contributed by atoms with E-state index in [-0.39, 0.29) is 11.4 Å². The van der Waals surface area contributed by atoms with Gasteiger partial charge in [-0.25, -0.2) is 9.36 Å². The number of carbonyl (C=O) groups excluding carboxylic acids is 2. The Morgan fingerprint density at radius 2 is 1.70 bits per heavy atom. The lowest BCUT2D eigenvalue weighted by atomic mass is 10.1. The predicted molar refractivity (Wildman–Crippen MR) is 86.0 cm³/mol. The average Bonchev–Trinajstić information content (AvgIpc) is 2.89. The molecule has 2 aromatic carbocycles. The Bertz CT molecular complexity index is 961. The highest BCUT2D eigenvalue weighted by atomic mass is 16.4. The molecule has 0 aliphatic heterocycles. The van der Waals surface area contributed by atoms with E-state index in [1.54, 1.807) is 43.3 Å². The molecule has 0 saturated heterocycles. The van der Waals surface area contributed by atoms with E-state index in [4.69, 9.17) is 4.42 Å². The molecule has 5 heteroatoms. The van der Waals surface area contributed by atoms with Gasteiger partial charge in [-0.05, 0) is 37.3 Å². The summed E-state index contributed by atoms with van der Waals surface area (Å²) < 4.78 is 6.12. The van der Waals surface area contributed by atoms with Gasteiger partial charge in [-0.15, -0.1) is 0 Å². The molecule has 0 radical (unpaired) electrons. The minimum atomic E-state index is -0.758. The minimum absolute atomic E-state index is 0.0489. The molecule has 3 aromatic rings. The normalized spacial score (nSPS) is 10.9. The molecule has 0 aliphatic carbocycles. The third kappa shape index (κ3) is 2.61. The lowest BCUT2D eigenvalue weighted by Crippen LogP contribution is -2.23. The highest BCUT2D eigenvalue weighted by molar-refractivity contribution is 6.02. The van der Waals surface area contributed by atoms with E-state index in [9.17, 15) is 14.4 Å². The summed E-state index contributed by atoms with van der Waals surface area (Å²) in [4.78, 5) is 36.4. The van der Waals surface area contributed by atoms with Crippen molar-refractivity contribution < 1.29 is 14.0 Å². The highest BCUT2D eigenvalue weighted by Gasteiger charge is 2.18. The number of hydrogen-bond acceptors (Lipinski definition) is 4. The molecule has 23 heavy (non-hydrogen) atoms. The fraction of sp³-hybridized carbons (Fsp3) is 0.167. The van der Waals surface area contributed by atoms with E-state index < -0.39 is 11.7 Å². The average molecular weight is 309 g/mol. The van der Waals surface area contributed by atoms with Crippen LogP contribution in [-0.2, 0) is 0 Å². The molecule has 1 aromatic heterocycles. The van der Waals surface area contributed by atoms with E-state index in [0.717, 1.165) is 10.1 Å². The Morgan fingerprint density at radius 1 is 1.04 bits per heavy atom. The van der Waals surface area contributed by atoms with Crippen molar-refractivity contribution in [2.24, 2.45) is 0 Å². The Labute approximate surface area is 132 Å². The van der Waals surface area contributed by atoms with Gasteiger partial charge in [0.2, 0.25) is 0 Å². The summed E-state index contributed by atoms with van der Waals surface area (Å²) in [5.74, 6) is -1.26. The SMILES string of the molecule is CCC(=O)c1ccc2c(c1)oc(=O)n2C(=O)c1ccc(C)cc1. The molecule has 0 bridgehead atoms. The van der Waals surface area contributed by atoms with Crippen LogP contribution in [0.3, 0.4) is 0 Å². The quantitative estimate of drug-likeness (QED) is 0.697. The van der Waals surface area contributed by atoms with Crippen molar-refractivity contribution in [3.8, 4) is 0 Å². The molecule has 0 aliphatic rings. The number of oxazole rings is 1. The summed E-state index contributed by atoms with van der Waals surface area (Å²) in [7, 11) is 0. The van der Waals surface area contributed by atoms with E-state index >= 15 is 0 Å². The zero-order chi connectivity index (χ0) is 16.6. The van der Waals surface area contributed by atoms with Gasteiger partial charge < -0.3 is 4.42 Å². The number of ketones is 1. The fourth-order valence-corrected chi connectivity index (χ4v) is 2.41. The van der Waals surface area contributed by atoms with Crippen LogP contribution in [0.5, 0.6) is 0 Å².